The number of rotatable bonds is 5. The molecule has 7 heteroatoms. The highest BCUT2D eigenvalue weighted by Gasteiger charge is 2.36. The highest BCUT2D eigenvalue weighted by Crippen LogP contribution is 2.41. The molecule has 0 spiro atoms. The molecule has 1 N–H and O–H groups in total. The van der Waals surface area contributed by atoms with E-state index in [1.807, 2.05) is 6.07 Å². The average Bonchev–Trinajstić information content (AvgIpc) is 3.17. The van der Waals surface area contributed by atoms with Crippen molar-refractivity contribution in [2.75, 3.05) is 37.6 Å². The van der Waals surface area contributed by atoms with Gasteiger partial charge in [-0.15, -0.1) is 0 Å². The number of halogens is 2. The van der Waals surface area contributed by atoms with E-state index in [1.54, 1.807) is 12.3 Å². The van der Waals surface area contributed by atoms with Crippen LogP contribution in [0.2, 0.25) is 0 Å². The summed E-state index contributed by atoms with van der Waals surface area (Å²) in [5.41, 5.74) is 1.54. The monoisotopic (exact) mass is 394 g/mol. The first-order valence-electron chi connectivity index (χ1n) is 10.3. The number of amides is 1. The van der Waals surface area contributed by atoms with Crippen molar-refractivity contribution >= 4 is 11.6 Å². The van der Waals surface area contributed by atoms with Crippen LogP contribution >= 0.6 is 0 Å². The molecule has 0 bridgehead atoms. The Hall–Kier alpha value is -1.76. The summed E-state index contributed by atoms with van der Waals surface area (Å²) in [6.45, 7) is 10.4. The van der Waals surface area contributed by atoms with Crippen LogP contribution in [0.4, 0.5) is 14.5 Å². The van der Waals surface area contributed by atoms with Crippen LogP contribution in [0.3, 0.4) is 0 Å². The van der Waals surface area contributed by atoms with Gasteiger partial charge in [0.15, 0.2) is 0 Å². The number of carbonyl (C=O) groups excluding carboxylic acids is 1. The fourth-order valence-corrected chi connectivity index (χ4v) is 4.39. The first-order chi connectivity index (χ1) is 13.2. The van der Waals surface area contributed by atoms with Crippen LogP contribution < -0.4 is 10.2 Å². The molecule has 156 valence electrons. The average molecular weight is 395 g/mol. The molecule has 1 saturated carbocycles. The second-order valence-electron chi connectivity index (χ2n) is 9.06. The molecular weight excluding hydrogens is 362 g/mol. The molecular formula is C21H32F2N4O. The Morgan fingerprint density at radius 3 is 2.46 bits per heavy atom. The number of carbonyl (C=O) groups is 1. The molecule has 5 nitrogen and oxygen atoms in total. The Bertz CT molecular complexity index is 651. The molecule has 1 aromatic heterocycles. The summed E-state index contributed by atoms with van der Waals surface area (Å²) in [5.74, 6) is 0.245. The van der Waals surface area contributed by atoms with Crippen molar-refractivity contribution in [2.45, 2.75) is 52.5 Å². The summed E-state index contributed by atoms with van der Waals surface area (Å²) >= 11 is 0. The second-order valence-corrected chi connectivity index (χ2v) is 9.06. The highest BCUT2D eigenvalue weighted by molar-refractivity contribution is 5.92. The van der Waals surface area contributed by atoms with Crippen molar-refractivity contribution in [1.29, 1.82) is 0 Å². The minimum Gasteiger partial charge on any atom is -0.368 e. The summed E-state index contributed by atoms with van der Waals surface area (Å²) in [6.07, 6.45) is 3.03. The van der Waals surface area contributed by atoms with Gasteiger partial charge in [0.05, 0.1) is 18.4 Å². The van der Waals surface area contributed by atoms with Crippen LogP contribution in [0, 0.1) is 11.3 Å². The fraction of sp³-hybridized carbons (Fsp3) is 0.714. The predicted molar refractivity (Wildman–Crippen MR) is 107 cm³/mol. The van der Waals surface area contributed by atoms with Gasteiger partial charge < -0.3 is 10.2 Å². The predicted octanol–water partition coefficient (Wildman–Crippen LogP) is 3.41. The minimum absolute atomic E-state index is 0.169. The Kier molecular flexibility index (Phi) is 6.53. The smallest absolute Gasteiger partial charge is 0.270 e. The van der Waals surface area contributed by atoms with Gasteiger partial charge in [-0.25, -0.2) is 13.8 Å². The number of hydrogen-bond acceptors (Lipinski definition) is 4. The molecule has 2 aliphatic rings. The number of pyridine rings is 1. The zero-order valence-electron chi connectivity index (χ0n) is 17.1. The maximum Gasteiger partial charge on any atom is 0.270 e. The standard InChI is InChI=1S/C21H32F2N4O/c1-21(2,3)15-4-5-16(12-15)26-8-10-27(11-9-26)17-6-7-18(24-13-17)20(28)25-14-19(22)23/h6-7,13,15-16,19H,4-5,8-12,14H2,1-3H3,(H,25,28). The van der Waals surface area contributed by atoms with Crippen molar-refractivity contribution < 1.29 is 13.6 Å². The van der Waals surface area contributed by atoms with Crippen LogP contribution in [0.1, 0.15) is 50.5 Å². The van der Waals surface area contributed by atoms with Crippen LogP contribution in [-0.4, -0.2) is 61.0 Å². The quantitative estimate of drug-likeness (QED) is 0.832. The maximum absolute atomic E-state index is 12.2. The Balaban J connectivity index is 1.49. The highest BCUT2D eigenvalue weighted by atomic mass is 19.3. The number of nitrogens with zero attached hydrogens (tertiary/aromatic N) is 3. The third-order valence-corrected chi connectivity index (χ3v) is 6.22. The number of alkyl halides is 2. The number of anilines is 1. The summed E-state index contributed by atoms with van der Waals surface area (Å²) in [7, 11) is 0. The van der Waals surface area contributed by atoms with Gasteiger partial charge in [-0.2, -0.15) is 0 Å². The first kappa shape index (κ1) is 21.0. The van der Waals surface area contributed by atoms with Crippen LogP contribution in [0.15, 0.2) is 18.3 Å². The molecule has 1 aromatic rings. The molecule has 28 heavy (non-hydrogen) atoms. The Morgan fingerprint density at radius 2 is 1.93 bits per heavy atom. The number of nitrogens with one attached hydrogen (secondary N) is 1. The summed E-state index contributed by atoms with van der Waals surface area (Å²) < 4.78 is 24.4. The molecule has 2 heterocycles. The van der Waals surface area contributed by atoms with Gasteiger partial charge >= 0.3 is 0 Å². The zero-order chi connectivity index (χ0) is 20.3. The van der Waals surface area contributed by atoms with E-state index in [4.69, 9.17) is 0 Å². The molecule has 1 aliphatic carbocycles. The lowest BCUT2D eigenvalue weighted by Crippen LogP contribution is -2.50. The van der Waals surface area contributed by atoms with E-state index in [1.165, 1.54) is 19.3 Å². The molecule has 0 aromatic carbocycles. The summed E-state index contributed by atoms with van der Waals surface area (Å²) in [4.78, 5) is 20.9. The normalized spacial score (nSPS) is 24.0. The van der Waals surface area contributed by atoms with Gasteiger partial charge in [0.25, 0.3) is 12.3 Å². The lowest BCUT2D eigenvalue weighted by atomic mass is 9.79. The van der Waals surface area contributed by atoms with E-state index in [0.717, 1.165) is 37.8 Å². The van der Waals surface area contributed by atoms with Crippen molar-refractivity contribution in [2.24, 2.45) is 11.3 Å². The van der Waals surface area contributed by atoms with E-state index >= 15 is 0 Å². The lowest BCUT2D eigenvalue weighted by molar-refractivity contribution is 0.0887. The van der Waals surface area contributed by atoms with Gasteiger partial charge in [-0.1, -0.05) is 20.8 Å². The third kappa shape index (κ3) is 5.19. The van der Waals surface area contributed by atoms with E-state index < -0.39 is 18.9 Å². The lowest BCUT2D eigenvalue weighted by Gasteiger charge is -2.39. The number of hydrogen-bond donors (Lipinski definition) is 1. The molecule has 0 radical (unpaired) electrons. The first-order valence-corrected chi connectivity index (χ1v) is 10.3. The van der Waals surface area contributed by atoms with Gasteiger partial charge in [0.2, 0.25) is 0 Å². The van der Waals surface area contributed by atoms with Gasteiger partial charge in [-0.3, -0.25) is 9.69 Å². The van der Waals surface area contributed by atoms with Crippen molar-refractivity contribution in [1.82, 2.24) is 15.2 Å². The van der Waals surface area contributed by atoms with Gasteiger partial charge in [0, 0.05) is 32.2 Å². The number of piperazine rings is 1. The van der Waals surface area contributed by atoms with Crippen LogP contribution in [0.5, 0.6) is 0 Å². The molecule has 3 rings (SSSR count). The molecule has 1 amide bonds. The fourth-order valence-electron chi connectivity index (χ4n) is 4.39. The molecule has 2 fully saturated rings. The van der Waals surface area contributed by atoms with E-state index in [2.05, 4.69) is 40.9 Å². The second kappa shape index (κ2) is 8.72. The maximum atomic E-state index is 12.2. The SMILES string of the molecule is CC(C)(C)C1CCC(N2CCN(c3ccc(C(=O)NCC(F)F)nc3)CC2)C1. The zero-order valence-corrected chi connectivity index (χ0v) is 17.1. The Labute approximate surface area is 166 Å². The Morgan fingerprint density at radius 1 is 1.21 bits per heavy atom. The van der Waals surface area contributed by atoms with Crippen molar-refractivity contribution in [3.63, 3.8) is 0 Å². The van der Waals surface area contributed by atoms with Crippen molar-refractivity contribution in [3.8, 4) is 0 Å². The van der Waals surface area contributed by atoms with E-state index in [-0.39, 0.29) is 5.69 Å². The molecule has 1 aliphatic heterocycles. The van der Waals surface area contributed by atoms with Gasteiger partial charge in [0.1, 0.15) is 5.69 Å². The molecule has 1 saturated heterocycles. The molecule has 2 unspecified atom stereocenters. The summed E-state index contributed by atoms with van der Waals surface area (Å²) in [6, 6.07) is 4.16. The van der Waals surface area contributed by atoms with Crippen LogP contribution in [0.25, 0.3) is 0 Å². The van der Waals surface area contributed by atoms with Crippen molar-refractivity contribution in [3.05, 3.63) is 24.0 Å². The number of aromatic nitrogens is 1. The molecule has 2 atom stereocenters. The van der Waals surface area contributed by atoms with E-state index in [9.17, 15) is 13.6 Å². The van der Waals surface area contributed by atoms with E-state index in [0.29, 0.717) is 11.5 Å². The topological polar surface area (TPSA) is 48.5 Å². The van der Waals surface area contributed by atoms with Crippen LogP contribution in [-0.2, 0) is 0 Å². The minimum atomic E-state index is -2.56. The van der Waals surface area contributed by atoms with Gasteiger partial charge in [-0.05, 0) is 42.7 Å². The third-order valence-electron chi connectivity index (χ3n) is 6.22. The largest absolute Gasteiger partial charge is 0.368 e. The summed E-state index contributed by atoms with van der Waals surface area (Å²) in [5, 5.41) is 2.18.